The summed E-state index contributed by atoms with van der Waals surface area (Å²) in [4.78, 5) is 5.13. The molecule has 2 N–H and O–H groups in total. The van der Waals surface area contributed by atoms with Crippen LogP contribution in [0.3, 0.4) is 0 Å². The van der Waals surface area contributed by atoms with Gasteiger partial charge in [-0.05, 0) is 36.1 Å². The number of hydrogen-bond donors (Lipinski definition) is 1. The molecule has 0 bridgehead atoms. The van der Waals surface area contributed by atoms with Crippen molar-refractivity contribution in [3.63, 3.8) is 0 Å². The van der Waals surface area contributed by atoms with Gasteiger partial charge in [-0.25, -0.2) is 0 Å². The van der Waals surface area contributed by atoms with Gasteiger partial charge in [0.25, 0.3) is 0 Å². The number of rotatable bonds is 4. The predicted octanol–water partition coefficient (Wildman–Crippen LogP) is 3.67. The molecule has 1 aromatic carbocycles. The van der Waals surface area contributed by atoms with Gasteiger partial charge in [0.1, 0.15) is 0 Å². The molecule has 0 saturated carbocycles. The van der Waals surface area contributed by atoms with Crippen LogP contribution in [0.2, 0.25) is 0 Å². The molecule has 2 rings (SSSR count). The van der Waals surface area contributed by atoms with Crippen LogP contribution in [0, 0.1) is 5.41 Å². The lowest BCUT2D eigenvalue weighted by Gasteiger charge is -2.36. The minimum Gasteiger partial charge on any atom is -0.399 e. The van der Waals surface area contributed by atoms with E-state index in [9.17, 15) is 0 Å². The first-order valence-electron chi connectivity index (χ1n) is 7.71. The van der Waals surface area contributed by atoms with Crippen LogP contribution in [0.5, 0.6) is 0 Å². The largest absolute Gasteiger partial charge is 0.399 e. The van der Waals surface area contributed by atoms with Crippen LogP contribution in [0.25, 0.3) is 0 Å². The normalized spacial score (nSPS) is 16.7. The maximum atomic E-state index is 5.84. The van der Waals surface area contributed by atoms with Crippen LogP contribution in [0.1, 0.15) is 32.8 Å². The molecule has 3 nitrogen and oxygen atoms in total. The summed E-state index contributed by atoms with van der Waals surface area (Å²) < 4.78 is 0. The summed E-state index contributed by atoms with van der Waals surface area (Å²) in [6, 6.07) is 8.26. The van der Waals surface area contributed by atoms with Crippen molar-refractivity contribution in [2.45, 2.75) is 33.7 Å². The maximum Gasteiger partial charge on any atom is 0.0317 e. The van der Waals surface area contributed by atoms with E-state index < -0.39 is 0 Å². The van der Waals surface area contributed by atoms with Crippen molar-refractivity contribution in [3.8, 4) is 0 Å². The Morgan fingerprint density at radius 2 is 1.59 bits per heavy atom. The van der Waals surface area contributed by atoms with Gasteiger partial charge in [0.05, 0.1) is 0 Å². The highest BCUT2D eigenvalue weighted by atomic mass is 35.5. The average molecular weight is 348 g/mol. The fourth-order valence-corrected chi connectivity index (χ4v) is 2.61. The fraction of sp³-hybridized carbons (Fsp3) is 0.647. The zero-order chi connectivity index (χ0) is 14.6. The molecule has 0 aromatic heterocycles. The molecular weight excluding hydrogens is 317 g/mol. The second-order valence-electron chi connectivity index (χ2n) is 7.17. The summed E-state index contributed by atoms with van der Waals surface area (Å²) in [5.41, 5.74) is 8.48. The Labute approximate surface area is 148 Å². The third kappa shape index (κ3) is 7.68. The molecule has 1 aliphatic heterocycles. The van der Waals surface area contributed by atoms with E-state index in [-0.39, 0.29) is 24.8 Å². The molecule has 1 aliphatic rings. The number of piperazine rings is 1. The number of hydrogen-bond acceptors (Lipinski definition) is 3. The Morgan fingerprint density at radius 3 is 2.14 bits per heavy atom. The van der Waals surface area contributed by atoms with Crippen molar-refractivity contribution in [1.29, 1.82) is 0 Å². The van der Waals surface area contributed by atoms with E-state index in [1.807, 2.05) is 12.1 Å². The Kier molecular flexibility index (Phi) is 9.40. The van der Waals surface area contributed by atoms with Crippen molar-refractivity contribution in [1.82, 2.24) is 9.80 Å². The second kappa shape index (κ2) is 9.61. The molecule has 128 valence electrons. The van der Waals surface area contributed by atoms with Gasteiger partial charge in [-0.1, -0.05) is 32.9 Å². The van der Waals surface area contributed by atoms with Gasteiger partial charge in [-0.15, -0.1) is 24.8 Å². The highest BCUT2D eigenvalue weighted by molar-refractivity contribution is 5.85. The molecule has 1 aromatic rings. The van der Waals surface area contributed by atoms with Gasteiger partial charge in [-0.3, -0.25) is 4.90 Å². The van der Waals surface area contributed by atoms with Crippen LogP contribution in [0.15, 0.2) is 24.3 Å². The Bertz CT molecular complexity index is 424. The number of benzene rings is 1. The summed E-state index contributed by atoms with van der Waals surface area (Å²) in [6.07, 6.45) is 1.28. The number of nitrogen functional groups attached to an aromatic ring is 1. The molecule has 0 spiro atoms. The quantitative estimate of drug-likeness (QED) is 0.843. The van der Waals surface area contributed by atoms with Gasteiger partial charge >= 0.3 is 0 Å². The monoisotopic (exact) mass is 347 g/mol. The molecule has 22 heavy (non-hydrogen) atoms. The molecule has 0 aliphatic carbocycles. The summed E-state index contributed by atoms with van der Waals surface area (Å²) in [5.74, 6) is 0. The van der Waals surface area contributed by atoms with Crippen LogP contribution in [-0.2, 0) is 6.54 Å². The lowest BCUT2D eigenvalue weighted by molar-refractivity contribution is 0.116. The minimum absolute atomic E-state index is 0. The van der Waals surface area contributed by atoms with Crippen molar-refractivity contribution >= 4 is 30.5 Å². The first-order valence-corrected chi connectivity index (χ1v) is 7.71. The number of nitrogens with two attached hydrogens (primary N) is 1. The van der Waals surface area contributed by atoms with E-state index in [1.54, 1.807) is 0 Å². The highest BCUT2D eigenvalue weighted by Crippen LogP contribution is 2.19. The van der Waals surface area contributed by atoms with Crippen LogP contribution in [-0.4, -0.2) is 42.5 Å². The molecule has 1 fully saturated rings. The first kappa shape index (κ1) is 21.5. The van der Waals surface area contributed by atoms with E-state index in [0.29, 0.717) is 5.41 Å². The van der Waals surface area contributed by atoms with E-state index in [4.69, 9.17) is 5.73 Å². The third-order valence-electron chi connectivity index (χ3n) is 4.00. The van der Waals surface area contributed by atoms with E-state index in [2.05, 4.69) is 42.7 Å². The SMILES string of the molecule is CC(C)(C)CCN1CCN(Cc2cccc(N)c2)CC1.Cl.Cl. The third-order valence-corrected chi connectivity index (χ3v) is 4.00. The molecule has 0 atom stereocenters. The molecular formula is C17H31Cl2N3. The van der Waals surface area contributed by atoms with Gasteiger partial charge in [0.2, 0.25) is 0 Å². The lowest BCUT2D eigenvalue weighted by atomic mass is 9.92. The van der Waals surface area contributed by atoms with Crippen molar-refractivity contribution in [2.24, 2.45) is 5.41 Å². The molecule has 0 amide bonds. The van der Waals surface area contributed by atoms with Crippen LogP contribution >= 0.6 is 24.8 Å². The Hall–Kier alpha value is -0.480. The standard InChI is InChI=1S/C17H29N3.2ClH/c1-17(2,3)7-8-19-9-11-20(12-10-19)14-15-5-4-6-16(18)13-15;;/h4-6,13H,7-12,14,18H2,1-3H3;2*1H. The average Bonchev–Trinajstić information content (AvgIpc) is 2.37. The predicted molar refractivity (Wildman–Crippen MR) is 101 cm³/mol. The van der Waals surface area contributed by atoms with Crippen molar-refractivity contribution < 1.29 is 0 Å². The summed E-state index contributed by atoms with van der Waals surface area (Å²) in [5, 5.41) is 0. The molecule has 0 radical (unpaired) electrons. The van der Waals surface area contributed by atoms with E-state index >= 15 is 0 Å². The zero-order valence-corrected chi connectivity index (χ0v) is 15.7. The highest BCUT2D eigenvalue weighted by Gasteiger charge is 2.19. The maximum absolute atomic E-state index is 5.84. The fourth-order valence-electron chi connectivity index (χ4n) is 2.61. The summed E-state index contributed by atoms with van der Waals surface area (Å²) in [7, 11) is 0. The van der Waals surface area contributed by atoms with Crippen molar-refractivity contribution in [2.75, 3.05) is 38.5 Å². The smallest absolute Gasteiger partial charge is 0.0317 e. The van der Waals surface area contributed by atoms with Crippen molar-refractivity contribution in [3.05, 3.63) is 29.8 Å². The minimum atomic E-state index is 0. The molecule has 1 heterocycles. The lowest BCUT2D eigenvalue weighted by Crippen LogP contribution is -2.46. The van der Waals surface area contributed by atoms with Crippen LogP contribution < -0.4 is 5.73 Å². The zero-order valence-electron chi connectivity index (χ0n) is 14.0. The molecule has 1 saturated heterocycles. The number of anilines is 1. The van der Waals surface area contributed by atoms with Gasteiger partial charge in [0, 0.05) is 38.4 Å². The van der Waals surface area contributed by atoms with Gasteiger partial charge in [0.15, 0.2) is 0 Å². The van der Waals surface area contributed by atoms with E-state index in [0.717, 1.165) is 12.2 Å². The van der Waals surface area contributed by atoms with Crippen LogP contribution in [0.4, 0.5) is 5.69 Å². The Balaban J connectivity index is 0.00000220. The summed E-state index contributed by atoms with van der Waals surface area (Å²) in [6.45, 7) is 13.9. The molecule has 5 heteroatoms. The summed E-state index contributed by atoms with van der Waals surface area (Å²) >= 11 is 0. The Morgan fingerprint density at radius 1 is 1.00 bits per heavy atom. The van der Waals surface area contributed by atoms with Gasteiger partial charge < -0.3 is 10.6 Å². The number of nitrogens with zero attached hydrogens (tertiary/aromatic N) is 2. The van der Waals surface area contributed by atoms with Gasteiger partial charge in [-0.2, -0.15) is 0 Å². The topological polar surface area (TPSA) is 32.5 Å². The number of halogens is 2. The molecule has 0 unspecified atom stereocenters. The first-order chi connectivity index (χ1) is 9.42. The second-order valence-corrected chi connectivity index (χ2v) is 7.17. The van der Waals surface area contributed by atoms with E-state index in [1.165, 1.54) is 44.7 Å².